The summed E-state index contributed by atoms with van der Waals surface area (Å²) >= 11 is 0. The molecule has 8 heteroatoms. The Hall–Kier alpha value is -1.97. The van der Waals surface area contributed by atoms with Crippen LogP contribution in [0.3, 0.4) is 0 Å². The molecule has 4 nitrogen and oxygen atoms in total. The van der Waals surface area contributed by atoms with Gasteiger partial charge in [-0.3, -0.25) is 0 Å². The van der Waals surface area contributed by atoms with Gasteiger partial charge in [0.05, 0.1) is 6.54 Å². The van der Waals surface area contributed by atoms with Gasteiger partial charge in [-0.25, -0.2) is 4.99 Å². The Labute approximate surface area is 167 Å². The highest BCUT2D eigenvalue weighted by atomic mass is 127. The van der Waals surface area contributed by atoms with Crippen LogP contribution in [0.25, 0.3) is 0 Å². The van der Waals surface area contributed by atoms with E-state index in [9.17, 15) is 13.2 Å². The third kappa shape index (κ3) is 7.94. The molecule has 0 unspecified atom stereocenters. The second kappa shape index (κ2) is 10.2. The van der Waals surface area contributed by atoms with E-state index in [1.54, 1.807) is 12.1 Å². The van der Waals surface area contributed by atoms with Crippen molar-refractivity contribution in [3.8, 4) is 5.75 Å². The average molecular weight is 479 g/mol. The van der Waals surface area contributed by atoms with Crippen LogP contribution in [0, 0.1) is 0 Å². The van der Waals surface area contributed by atoms with Crippen molar-refractivity contribution >= 4 is 35.6 Å². The first-order valence-electron chi connectivity index (χ1n) is 7.80. The van der Waals surface area contributed by atoms with Gasteiger partial charge in [-0.1, -0.05) is 31.2 Å². The summed E-state index contributed by atoms with van der Waals surface area (Å²) in [7, 11) is 0. The van der Waals surface area contributed by atoms with Crippen molar-refractivity contribution in [2.75, 3.05) is 11.9 Å². The molecule has 0 saturated heterocycles. The molecule has 0 aliphatic heterocycles. The molecule has 2 aromatic rings. The number of ether oxygens (including phenoxy) is 1. The van der Waals surface area contributed by atoms with Gasteiger partial charge in [0.1, 0.15) is 5.75 Å². The maximum Gasteiger partial charge on any atom is 0.422 e. The molecule has 0 saturated carbocycles. The minimum atomic E-state index is -4.37. The third-order valence-corrected chi connectivity index (χ3v) is 3.34. The van der Waals surface area contributed by atoms with E-state index in [2.05, 4.69) is 17.2 Å². The first kappa shape index (κ1) is 22.1. The SMILES string of the molecule is CCc1cccc(NC(N)=NCc2cccc(OCC(F)(F)F)c2)c1.I. The van der Waals surface area contributed by atoms with E-state index < -0.39 is 12.8 Å². The van der Waals surface area contributed by atoms with Crippen molar-refractivity contribution in [2.24, 2.45) is 10.7 Å². The van der Waals surface area contributed by atoms with Crippen molar-refractivity contribution in [1.82, 2.24) is 0 Å². The monoisotopic (exact) mass is 479 g/mol. The number of nitrogens with two attached hydrogens (primary N) is 1. The number of guanidine groups is 1. The molecule has 26 heavy (non-hydrogen) atoms. The van der Waals surface area contributed by atoms with Crippen LogP contribution >= 0.6 is 24.0 Å². The highest BCUT2D eigenvalue weighted by Gasteiger charge is 2.28. The summed E-state index contributed by atoms with van der Waals surface area (Å²) in [6, 6.07) is 14.2. The van der Waals surface area contributed by atoms with E-state index in [1.165, 1.54) is 17.7 Å². The molecular formula is C18H21F3IN3O. The molecule has 0 heterocycles. The quantitative estimate of drug-likeness (QED) is 0.358. The van der Waals surface area contributed by atoms with Crippen molar-refractivity contribution in [1.29, 1.82) is 0 Å². The molecule has 0 radical (unpaired) electrons. The Morgan fingerprint density at radius 1 is 1.12 bits per heavy atom. The zero-order chi connectivity index (χ0) is 18.3. The summed E-state index contributed by atoms with van der Waals surface area (Å²) in [5.41, 5.74) is 8.57. The summed E-state index contributed by atoms with van der Waals surface area (Å²) in [6.45, 7) is 0.969. The molecule has 0 amide bonds. The van der Waals surface area contributed by atoms with Crippen molar-refractivity contribution in [2.45, 2.75) is 26.1 Å². The van der Waals surface area contributed by atoms with Crippen LogP contribution in [-0.2, 0) is 13.0 Å². The molecular weight excluding hydrogens is 458 g/mol. The lowest BCUT2D eigenvalue weighted by atomic mass is 10.1. The van der Waals surface area contributed by atoms with E-state index in [0.29, 0.717) is 5.56 Å². The number of anilines is 1. The summed E-state index contributed by atoms with van der Waals surface area (Å²) in [5.74, 6) is 0.377. The predicted molar refractivity (Wildman–Crippen MR) is 108 cm³/mol. The molecule has 0 aliphatic carbocycles. The van der Waals surface area contributed by atoms with E-state index >= 15 is 0 Å². The van der Waals surface area contributed by atoms with Gasteiger partial charge >= 0.3 is 6.18 Å². The number of hydrogen-bond donors (Lipinski definition) is 2. The largest absolute Gasteiger partial charge is 0.484 e. The number of nitrogens with one attached hydrogen (secondary N) is 1. The fraction of sp³-hybridized carbons (Fsp3) is 0.278. The van der Waals surface area contributed by atoms with Crippen LogP contribution < -0.4 is 15.8 Å². The number of aryl methyl sites for hydroxylation is 1. The van der Waals surface area contributed by atoms with Gasteiger partial charge in [0, 0.05) is 5.69 Å². The normalized spacial score (nSPS) is 11.6. The zero-order valence-electron chi connectivity index (χ0n) is 14.2. The molecule has 0 aliphatic rings. The summed E-state index contributed by atoms with van der Waals surface area (Å²) in [4.78, 5) is 4.20. The molecule has 3 N–H and O–H groups in total. The zero-order valence-corrected chi connectivity index (χ0v) is 16.5. The van der Waals surface area contributed by atoms with E-state index in [0.717, 1.165) is 12.1 Å². The molecule has 0 aromatic heterocycles. The Morgan fingerprint density at radius 3 is 2.50 bits per heavy atom. The number of aliphatic imine (C=N–C) groups is 1. The Kier molecular flexibility index (Phi) is 8.70. The summed E-state index contributed by atoms with van der Waals surface area (Å²) in [6.07, 6.45) is -3.45. The van der Waals surface area contributed by atoms with E-state index in [-0.39, 0.29) is 42.2 Å². The second-order valence-corrected chi connectivity index (χ2v) is 5.43. The maximum absolute atomic E-state index is 12.2. The van der Waals surface area contributed by atoms with Crippen molar-refractivity contribution < 1.29 is 17.9 Å². The lowest BCUT2D eigenvalue weighted by Gasteiger charge is -2.10. The predicted octanol–water partition coefficient (Wildman–Crippen LogP) is 4.73. The van der Waals surface area contributed by atoms with Crippen LogP contribution in [0.5, 0.6) is 5.75 Å². The number of alkyl halides is 3. The number of halogens is 4. The van der Waals surface area contributed by atoms with E-state index in [4.69, 9.17) is 10.5 Å². The molecule has 0 atom stereocenters. The number of rotatable bonds is 6. The first-order valence-corrected chi connectivity index (χ1v) is 7.80. The molecule has 0 spiro atoms. The smallest absolute Gasteiger partial charge is 0.422 e. The first-order chi connectivity index (χ1) is 11.9. The van der Waals surface area contributed by atoms with Crippen LogP contribution in [0.1, 0.15) is 18.1 Å². The summed E-state index contributed by atoms with van der Waals surface area (Å²) in [5, 5.41) is 2.99. The maximum atomic E-state index is 12.2. The Bertz CT molecular complexity index is 736. The lowest BCUT2D eigenvalue weighted by molar-refractivity contribution is -0.153. The topological polar surface area (TPSA) is 59.6 Å². The van der Waals surface area contributed by atoms with Gasteiger partial charge < -0.3 is 15.8 Å². The average Bonchev–Trinajstić information content (AvgIpc) is 2.58. The number of nitrogens with zero attached hydrogens (tertiary/aromatic N) is 1. The van der Waals surface area contributed by atoms with Gasteiger partial charge in [0.2, 0.25) is 0 Å². The van der Waals surface area contributed by atoms with Crippen LogP contribution in [-0.4, -0.2) is 18.7 Å². The molecule has 2 aromatic carbocycles. The second-order valence-electron chi connectivity index (χ2n) is 5.43. The van der Waals surface area contributed by atoms with Gasteiger partial charge in [-0.15, -0.1) is 24.0 Å². The standard InChI is InChI=1S/C18H20F3N3O.HI/c1-2-13-5-3-7-15(9-13)24-17(22)23-11-14-6-4-8-16(10-14)25-12-18(19,20)21;/h3-10H,2,11-12H2,1H3,(H3,22,23,24);1H. The Balaban J connectivity index is 0.00000338. The van der Waals surface area contributed by atoms with E-state index in [1.807, 2.05) is 24.3 Å². The molecule has 0 fully saturated rings. The van der Waals surface area contributed by atoms with Crippen molar-refractivity contribution in [3.05, 3.63) is 59.7 Å². The minimum absolute atomic E-state index is 0. The highest BCUT2D eigenvalue weighted by molar-refractivity contribution is 14.0. The molecule has 0 bridgehead atoms. The summed E-state index contributed by atoms with van der Waals surface area (Å²) < 4.78 is 41.3. The minimum Gasteiger partial charge on any atom is -0.484 e. The molecule has 142 valence electrons. The van der Waals surface area contributed by atoms with Crippen molar-refractivity contribution in [3.63, 3.8) is 0 Å². The van der Waals surface area contributed by atoms with Gasteiger partial charge in [0.25, 0.3) is 0 Å². The van der Waals surface area contributed by atoms with Gasteiger partial charge in [-0.2, -0.15) is 13.2 Å². The molecule has 2 rings (SSSR count). The van der Waals surface area contributed by atoms with Crippen LogP contribution in [0.4, 0.5) is 18.9 Å². The van der Waals surface area contributed by atoms with Crippen LogP contribution in [0.15, 0.2) is 53.5 Å². The number of benzene rings is 2. The fourth-order valence-electron chi connectivity index (χ4n) is 2.13. The van der Waals surface area contributed by atoms with Gasteiger partial charge in [0.15, 0.2) is 12.6 Å². The van der Waals surface area contributed by atoms with Crippen LogP contribution in [0.2, 0.25) is 0 Å². The highest BCUT2D eigenvalue weighted by Crippen LogP contribution is 2.19. The number of hydrogen-bond acceptors (Lipinski definition) is 2. The van der Waals surface area contributed by atoms with Gasteiger partial charge in [-0.05, 0) is 41.8 Å². The lowest BCUT2D eigenvalue weighted by Crippen LogP contribution is -2.22. The third-order valence-electron chi connectivity index (χ3n) is 3.34. The fourth-order valence-corrected chi connectivity index (χ4v) is 2.13. The Morgan fingerprint density at radius 2 is 1.81 bits per heavy atom.